The first-order chi connectivity index (χ1) is 12.2. The van der Waals surface area contributed by atoms with Crippen LogP contribution >= 0.6 is 0 Å². The molecule has 0 saturated heterocycles. The molecule has 0 radical (unpaired) electrons. The van der Waals surface area contributed by atoms with Gasteiger partial charge in [-0.15, -0.1) is 0 Å². The Kier molecular flexibility index (Phi) is 4.17. The van der Waals surface area contributed by atoms with Gasteiger partial charge in [-0.3, -0.25) is 9.48 Å². The SMILES string of the molecule is Cn1cc(C=CC(=O)NC(c2ccc3c(c2)OCCO3)C2CC2)cn1. The quantitative estimate of drug-likeness (QED) is 0.850. The minimum atomic E-state index is -0.101. The fraction of sp³-hybridized carbons (Fsp3) is 0.368. The first-order valence-corrected chi connectivity index (χ1v) is 8.56. The smallest absolute Gasteiger partial charge is 0.244 e. The second-order valence-corrected chi connectivity index (χ2v) is 6.51. The van der Waals surface area contributed by atoms with Crippen molar-refractivity contribution in [3.8, 4) is 11.5 Å². The lowest BCUT2D eigenvalue weighted by Gasteiger charge is -2.22. The minimum Gasteiger partial charge on any atom is -0.486 e. The van der Waals surface area contributed by atoms with Gasteiger partial charge in [0.2, 0.25) is 5.91 Å². The van der Waals surface area contributed by atoms with Crippen LogP contribution < -0.4 is 14.8 Å². The summed E-state index contributed by atoms with van der Waals surface area (Å²) in [5.41, 5.74) is 1.97. The second kappa shape index (κ2) is 6.63. The lowest BCUT2D eigenvalue weighted by atomic mass is 10.0. The van der Waals surface area contributed by atoms with E-state index in [9.17, 15) is 4.79 Å². The number of nitrogens with zero attached hydrogens (tertiary/aromatic N) is 2. The fourth-order valence-electron chi connectivity index (χ4n) is 3.06. The van der Waals surface area contributed by atoms with Crippen molar-refractivity contribution in [2.45, 2.75) is 18.9 Å². The highest BCUT2D eigenvalue weighted by molar-refractivity contribution is 5.92. The highest BCUT2D eigenvalue weighted by Crippen LogP contribution is 2.43. The number of fused-ring (bicyclic) bond motifs is 1. The first kappa shape index (κ1) is 15.7. The van der Waals surface area contributed by atoms with E-state index in [4.69, 9.17) is 9.47 Å². The monoisotopic (exact) mass is 339 g/mol. The number of benzene rings is 1. The van der Waals surface area contributed by atoms with E-state index < -0.39 is 0 Å². The molecule has 2 aromatic rings. The fourth-order valence-corrected chi connectivity index (χ4v) is 3.06. The van der Waals surface area contributed by atoms with Gasteiger partial charge in [0.15, 0.2) is 11.5 Å². The summed E-state index contributed by atoms with van der Waals surface area (Å²) in [5, 5.41) is 7.22. The molecular weight excluding hydrogens is 318 g/mol. The maximum Gasteiger partial charge on any atom is 0.244 e. The molecule has 1 aliphatic heterocycles. The van der Waals surface area contributed by atoms with Gasteiger partial charge in [0.1, 0.15) is 13.2 Å². The van der Waals surface area contributed by atoms with Gasteiger partial charge >= 0.3 is 0 Å². The highest BCUT2D eigenvalue weighted by Gasteiger charge is 2.33. The summed E-state index contributed by atoms with van der Waals surface area (Å²) in [4.78, 5) is 12.3. The largest absolute Gasteiger partial charge is 0.486 e. The van der Waals surface area contributed by atoms with E-state index in [0.29, 0.717) is 19.1 Å². The number of nitrogens with one attached hydrogen (secondary N) is 1. The molecule has 6 heteroatoms. The predicted octanol–water partition coefficient (Wildman–Crippen LogP) is 2.47. The van der Waals surface area contributed by atoms with Gasteiger partial charge in [-0.2, -0.15) is 5.10 Å². The summed E-state index contributed by atoms with van der Waals surface area (Å²) >= 11 is 0. The van der Waals surface area contributed by atoms with Crippen LogP contribution in [0.3, 0.4) is 0 Å². The zero-order valence-corrected chi connectivity index (χ0v) is 14.1. The van der Waals surface area contributed by atoms with Crippen molar-refractivity contribution >= 4 is 12.0 Å². The molecule has 2 aliphatic rings. The Balaban J connectivity index is 1.48. The zero-order valence-electron chi connectivity index (χ0n) is 14.1. The summed E-state index contributed by atoms with van der Waals surface area (Å²) in [5.74, 6) is 1.91. The third-order valence-electron chi connectivity index (χ3n) is 4.47. The summed E-state index contributed by atoms with van der Waals surface area (Å²) in [7, 11) is 1.85. The molecule has 1 aliphatic carbocycles. The topological polar surface area (TPSA) is 65.4 Å². The number of aromatic nitrogens is 2. The van der Waals surface area contributed by atoms with Crippen LogP contribution in [0.2, 0.25) is 0 Å². The Bertz CT molecular complexity index is 808. The molecule has 1 unspecified atom stereocenters. The second-order valence-electron chi connectivity index (χ2n) is 6.51. The average molecular weight is 339 g/mol. The van der Waals surface area contributed by atoms with Crippen LogP contribution in [0, 0.1) is 5.92 Å². The molecule has 1 amide bonds. The van der Waals surface area contributed by atoms with E-state index in [2.05, 4.69) is 10.4 Å². The van der Waals surface area contributed by atoms with Gasteiger partial charge in [0.25, 0.3) is 0 Å². The molecule has 130 valence electrons. The van der Waals surface area contributed by atoms with Gasteiger partial charge in [0, 0.05) is 24.9 Å². The van der Waals surface area contributed by atoms with Crippen LogP contribution in [-0.4, -0.2) is 28.9 Å². The number of rotatable bonds is 5. The Morgan fingerprint density at radius 2 is 2.12 bits per heavy atom. The summed E-state index contributed by atoms with van der Waals surface area (Å²) < 4.78 is 12.9. The number of aryl methyl sites for hydroxylation is 1. The molecule has 1 fully saturated rings. The van der Waals surface area contributed by atoms with Gasteiger partial charge in [-0.25, -0.2) is 0 Å². The molecule has 1 saturated carbocycles. The van der Waals surface area contributed by atoms with E-state index in [0.717, 1.165) is 35.5 Å². The summed E-state index contributed by atoms with van der Waals surface area (Å²) in [6.07, 6.45) is 9.18. The molecule has 1 atom stereocenters. The van der Waals surface area contributed by atoms with Crippen molar-refractivity contribution in [1.82, 2.24) is 15.1 Å². The van der Waals surface area contributed by atoms with Crippen LogP contribution in [-0.2, 0) is 11.8 Å². The van der Waals surface area contributed by atoms with Crippen LogP contribution in [0.5, 0.6) is 11.5 Å². The Morgan fingerprint density at radius 1 is 1.32 bits per heavy atom. The summed E-state index contributed by atoms with van der Waals surface area (Å²) in [6, 6.07) is 5.93. The van der Waals surface area contributed by atoms with Crippen molar-refractivity contribution in [2.24, 2.45) is 13.0 Å². The Morgan fingerprint density at radius 3 is 2.84 bits per heavy atom. The number of hydrogen-bond donors (Lipinski definition) is 1. The van der Waals surface area contributed by atoms with Crippen molar-refractivity contribution in [1.29, 1.82) is 0 Å². The van der Waals surface area contributed by atoms with Gasteiger partial charge in [-0.05, 0) is 42.5 Å². The van der Waals surface area contributed by atoms with E-state index in [1.807, 2.05) is 31.4 Å². The number of carbonyl (C=O) groups excluding carboxylic acids is 1. The van der Waals surface area contributed by atoms with E-state index in [1.165, 1.54) is 0 Å². The number of carbonyl (C=O) groups is 1. The van der Waals surface area contributed by atoms with Crippen molar-refractivity contribution in [3.63, 3.8) is 0 Å². The van der Waals surface area contributed by atoms with Crippen LogP contribution in [0.15, 0.2) is 36.7 Å². The molecule has 6 nitrogen and oxygen atoms in total. The maximum atomic E-state index is 12.3. The first-order valence-electron chi connectivity index (χ1n) is 8.56. The third kappa shape index (κ3) is 3.68. The van der Waals surface area contributed by atoms with Gasteiger partial charge in [-0.1, -0.05) is 6.07 Å². The lowest BCUT2D eigenvalue weighted by Crippen LogP contribution is -2.28. The maximum absolute atomic E-state index is 12.3. The lowest BCUT2D eigenvalue weighted by molar-refractivity contribution is -0.117. The van der Waals surface area contributed by atoms with Crippen molar-refractivity contribution < 1.29 is 14.3 Å². The standard InChI is InChI=1S/C19H21N3O3/c1-22-12-13(11-20-22)2-7-18(23)21-19(14-3-4-14)15-5-6-16-17(10-15)25-9-8-24-16/h2,5-7,10-12,14,19H,3-4,8-9H2,1H3,(H,21,23). The molecule has 2 heterocycles. The molecule has 0 bridgehead atoms. The van der Waals surface area contributed by atoms with Crippen molar-refractivity contribution in [2.75, 3.05) is 13.2 Å². The molecule has 25 heavy (non-hydrogen) atoms. The van der Waals surface area contributed by atoms with E-state index in [1.54, 1.807) is 23.0 Å². The van der Waals surface area contributed by atoms with Crippen LogP contribution in [0.25, 0.3) is 6.08 Å². The van der Waals surface area contributed by atoms with Gasteiger partial charge < -0.3 is 14.8 Å². The molecule has 4 rings (SSSR count). The third-order valence-corrected chi connectivity index (χ3v) is 4.47. The minimum absolute atomic E-state index is 0.00174. The molecule has 1 aromatic carbocycles. The van der Waals surface area contributed by atoms with Crippen LogP contribution in [0.1, 0.15) is 30.0 Å². The zero-order chi connectivity index (χ0) is 17.2. The Hall–Kier alpha value is -2.76. The number of ether oxygens (including phenoxy) is 2. The highest BCUT2D eigenvalue weighted by atomic mass is 16.6. The molecular formula is C19H21N3O3. The summed E-state index contributed by atoms with van der Waals surface area (Å²) in [6.45, 7) is 1.14. The number of hydrogen-bond acceptors (Lipinski definition) is 4. The normalized spacial score (nSPS) is 17.5. The van der Waals surface area contributed by atoms with E-state index >= 15 is 0 Å². The predicted molar refractivity (Wildman–Crippen MR) is 93.3 cm³/mol. The van der Waals surface area contributed by atoms with E-state index in [-0.39, 0.29) is 11.9 Å². The van der Waals surface area contributed by atoms with Gasteiger partial charge in [0.05, 0.1) is 12.2 Å². The van der Waals surface area contributed by atoms with Crippen molar-refractivity contribution in [3.05, 3.63) is 47.8 Å². The average Bonchev–Trinajstić information content (AvgIpc) is 3.39. The van der Waals surface area contributed by atoms with Crippen LogP contribution in [0.4, 0.5) is 0 Å². The molecule has 0 spiro atoms. The number of amides is 1. The Labute approximate surface area is 146 Å². The molecule has 1 N–H and O–H groups in total. The molecule has 1 aromatic heterocycles.